The molecule has 9 heteroatoms. The highest BCUT2D eigenvalue weighted by atomic mass is 19.4. The van der Waals surface area contributed by atoms with Gasteiger partial charge in [-0.1, -0.05) is 17.3 Å². The Balaban J connectivity index is 1.45. The monoisotopic (exact) mass is 382 g/mol. The van der Waals surface area contributed by atoms with Crippen LogP contribution in [0.5, 0.6) is 5.75 Å². The standard InChI is InChI=1S/C18H21F3N4O2/c1-24-7-12-8-25(10-15-22-17(23-27-15)18(19,20)21)9-14(12)16(24)11-3-5-13(26-2)6-4-11/h3-6,12,14,16H,7-10H2,1-2H3/t12-,14+,16+/m0/s1. The first kappa shape index (κ1) is 18.2. The molecule has 0 spiro atoms. The van der Waals surface area contributed by atoms with Gasteiger partial charge in [-0.3, -0.25) is 9.80 Å². The lowest BCUT2D eigenvalue weighted by Gasteiger charge is -2.26. The summed E-state index contributed by atoms with van der Waals surface area (Å²) in [6.45, 7) is 2.80. The minimum atomic E-state index is -4.58. The number of hydrogen-bond donors (Lipinski definition) is 0. The average molecular weight is 382 g/mol. The van der Waals surface area contributed by atoms with Crippen molar-refractivity contribution in [1.82, 2.24) is 19.9 Å². The number of fused-ring (bicyclic) bond motifs is 1. The van der Waals surface area contributed by atoms with Crippen LogP contribution in [-0.4, -0.2) is 53.7 Å². The molecule has 2 aliphatic heterocycles. The number of halogens is 3. The molecule has 0 aliphatic carbocycles. The lowest BCUT2D eigenvalue weighted by molar-refractivity contribution is -0.146. The van der Waals surface area contributed by atoms with Gasteiger partial charge in [0, 0.05) is 25.7 Å². The third kappa shape index (κ3) is 3.53. The highest BCUT2D eigenvalue weighted by molar-refractivity contribution is 5.30. The molecule has 146 valence electrons. The zero-order valence-corrected chi connectivity index (χ0v) is 15.1. The Morgan fingerprint density at radius 2 is 1.93 bits per heavy atom. The molecule has 3 atom stereocenters. The van der Waals surface area contributed by atoms with E-state index in [0.717, 1.165) is 25.4 Å². The van der Waals surface area contributed by atoms with Crippen LogP contribution < -0.4 is 4.74 Å². The van der Waals surface area contributed by atoms with Gasteiger partial charge < -0.3 is 9.26 Å². The number of alkyl halides is 3. The van der Waals surface area contributed by atoms with Crippen LogP contribution in [0.3, 0.4) is 0 Å². The molecule has 2 aliphatic rings. The molecular formula is C18H21F3N4O2. The van der Waals surface area contributed by atoms with E-state index in [0.29, 0.717) is 11.8 Å². The van der Waals surface area contributed by atoms with E-state index in [1.165, 1.54) is 5.56 Å². The topological polar surface area (TPSA) is 54.6 Å². The van der Waals surface area contributed by atoms with Gasteiger partial charge in [-0.25, -0.2) is 0 Å². The number of likely N-dealkylation sites (tertiary alicyclic amines) is 2. The SMILES string of the molecule is COc1ccc([C@@H]2[C@@H]3CN(Cc4nc(C(F)(F)F)no4)C[C@@H]3CN2C)cc1. The quantitative estimate of drug-likeness (QED) is 0.811. The highest BCUT2D eigenvalue weighted by Gasteiger charge is 2.46. The predicted molar refractivity (Wildman–Crippen MR) is 89.9 cm³/mol. The molecule has 6 nitrogen and oxygen atoms in total. The molecule has 0 amide bonds. The van der Waals surface area contributed by atoms with Crippen molar-refractivity contribution in [3.8, 4) is 5.75 Å². The van der Waals surface area contributed by atoms with Gasteiger partial charge in [0.25, 0.3) is 5.82 Å². The number of hydrogen-bond acceptors (Lipinski definition) is 6. The summed E-state index contributed by atoms with van der Waals surface area (Å²) in [4.78, 5) is 7.94. The first-order chi connectivity index (χ1) is 12.8. The van der Waals surface area contributed by atoms with Crippen molar-refractivity contribution < 1.29 is 22.4 Å². The molecule has 1 aromatic heterocycles. The Kier molecular flexibility index (Phi) is 4.59. The second kappa shape index (κ2) is 6.79. The molecule has 0 unspecified atom stereocenters. The molecule has 2 aromatic rings. The van der Waals surface area contributed by atoms with Crippen LogP contribution in [0.15, 0.2) is 28.8 Å². The number of benzene rings is 1. The normalized spacial score (nSPS) is 26.5. The molecule has 0 bridgehead atoms. The molecule has 3 heterocycles. The Bertz CT molecular complexity index is 793. The molecular weight excluding hydrogens is 361 g/mol. The van der Waals surface area contributed by atoms with E-state index in [-0.39, 0.29) is 18.5 Å². The van der Waals surface area contributed by atoms with Crippen LogP contribution in [0.4, 0.5) is 13.2 Å². The third-order valence-corrected chi connectivity index (χ3v) is 5.51. The van der Waals surface area contributed by atoms with Gasteiger partial charge in [0.05, 0.1) is 13.7 Å². The van der Waals surface area contributed by atoms with Gasteiger partial charge in [0.2, 0.25) is 5.89 Å². The van der Waals surface area contributed by atoms with Crippen molar-refractivity contribution in [3.63, 3.8) is 0 Å². The zero-order chi connectivity index (χ0) is 19.2. The summed E-state index contributed by atoms with van der Waals surface area (Å²) in [7, 11) is 3.76. The Morgan fingerprint density at radius 3 is 2.56 bits per heavy atom. The largest absolute Gasteiger partial charge is 0.497 e. The van der Waals surface area contributed by atoms with E-state index in [4.69, 9.17) is 9.26 Å². The summed E-state index contributed by atoms with van der Waals surface area (Å²) < 4.78 is 47.9. The predicted octanol–water partition coefficient (Wildman–Crippen LogP) is 2.83. The van der Waals surface area contributed by atoms with E-state index in [1.807, 2.05) is 12.1 Å². The van der Waals surface area contributed by atoms with Gasteiger partial charge in [-0.2, -0.15) is 18.2 Å². The number of ether oxygens (including phenoxy) is 1. The van der Waals surface area contributed by atoms with Crippen molar-refractivity contribution in [1.29, 1.82) is 0 Å². The number of rotatable bonds is 4. The van der Waals surface area contributed by atoms with Crippen LogP contribution in [0.25, 0.3) is 0 Å². The summed E-state index contributed by atoms with van der Waals surface area (Å²) in [6, 6.07) is 8.36. The van der Waals surface area contributed by atoms with Crippen LogP contribution in [-0.2, 0) is 12.7 Å². The van der Waals surface area contributed by atoms with Crippen LogP contribution >= 0.6 is 0 Å². The maximum absolute atomic E-state index is 12.6. The first-order valence-electron chi connectivity index (χ1n) is 8.81. The second-order valence-electron chi connectivity index (χ2n) is 7.29. The van der Waals surface area contributed by atoms with Gasteiger partial charge in [-0.05, 0) is 36.6 Å². The maximum atomic E-state index is 12.6. The Labute approximate surface area is 154 Å². The average Bonchev–Trinajstić information content (AvgIpc) is 3.29. The smallest absolute Gasteiger partial charge is 0.455 e. The van der Waals surface area contributed by atoms with Gasteiger partial charge in [0.15, 0.2) is 0 Å². The third-order valence-electron chi connectivity index (χ3n) is 5.51. The lowest BCUT2D eigenvalue weighted by atomic mass is 9.89. The Hall–Kier alpha value is -2.13. The van der Waals surface area contributed by atoms with Crippen molar-refractivity contribution in [2.24, 2.45) is 11.8 Å². The van der Waals surface area contributed by atoms with Crippen molar-refractivity contribution >= 4 is 0 Å². The van der Waals surface area contributed by atoms with E-state index in [9.17, 15) is 13.2 Å². The lowest BCUT2D eigenvalue weighted by Crippen LogP contribution is -2.29. The van der Waals surface area contributed by atoms with Gasteiger partial charge >= 0.3 is 6.18 Å². The Morgan fingerprint density at radius 1 is 1.19 bits per heavy atom. The summed E-state index contributed by atoms with van der Waals surface area (Å²) >= 11 is 0. The van der Waals surface area contributed by atoms with Crippen LogP contribution in [0, 0.1) is 11.8 Å². The molecule has 0 saturated carbocycles. The van der Waals surface area contributed by atoms with Gasteiger partial charge in [0.1, 0.15) is 5.75 Å². The molecule has 0 N–H and O–H groups in total. The van der Waals surface area contributed by atoms with Crippen molar-refractivity contribution in [2.75, 3.05) is 33.8 Å². The fraction of sp³-hybridized carbons (Fsp3) is 0.556. The fourth-order valence-corrected chi connectivity index (χ4v) is 4.41. The minimum absolute atomic E-state index is 0.0108. The molecule has 1 aromatic carbocycles. The molecule has 0 radical (unpaired) electrons. The first-order valence-corrected chi connectivity index (χ1v) is 8.81. The molecule has 27 heavy (non-hydrogen) atoms. The van der Waals surface area contributed by atoms with E-state index < -0.39 is 12.0 Å². The highest BCUT2D eigenvalue weighted by Crippen LogP contribution is 2.44. The summed E-state index contributed by atoms with van der Waals surface area (Å²) in [5, 5.41) is 3.03. The van der Waals surface area contributed by atoms with Crippen LogP contribution in [0.1, 0.15) is 23.3 Å². The molecule has 2 saturated heterocycles. The maximum Gasteiger partial charge on any atom is 0.455 e. The van der Waals surface area contributed by atoms with Gasteiger partial charge in [-0.15, -0.1) is 0 Å². The molecule has 4 rings (SSSR count). The fourth-order valence-electron chi connectivity index (χ4n) is 4.41. The summed E-state index contributed by atoms with van der Waals surface area (Å²) in [5.74, 6) is 0.491. The van der Waals surface area contributed by atoms with E-state index >= 15 is 0 Å². The minimum Gasteiger partial charge on any atom is -0.497 e. The second-order valence-corrected chi connectivity index (χ2v) is 7.29. The zero-order valence-electron chi connectivity index (χ0n) is 15.1. The summed E-state index contributed by atoms with van der Waals surface area (Å²) in [5.41, 5.74) is 1.23. The van der Waals surface area contributed by atoms with E-state index in [1.54, 1.807) is 7.11 Å². The van der Waals surface area contributed by atoms with Crippen LogP contribution in [0.2, 0.25) is 0 Å². The van der Waals surface area contributed by atoms with Crippen molar-refractivity contribution in [2.45, 2.75) is 18.8 Å². The molecule has 2 fully saturated rings. The van der Waals surface area contributed by atoms with E-state index in [2.05, 4.69) is 39.1 Å². The number of aromatic nitrogens is 2. The summed E-state index contributed by atoms with van der Waals surface area (Å²) in [6.07, 6.45) is -4.58. The number of nitrogens with zero attached hydrogens (tertiary/aromatic N) is 4. The number of methoxy groups -OCH3 is 1. The van der Waals surface area contributed by atoms with Crippen molar-refractivity contribution in [3.05, 3.63) is 41.5 Å².